The van der Waals surface area contributed by atoms with Gasteiger partial charge in [-0.1, -0.05) is 30.5 Å². The number of aliphatic hydroxyl groups is 1. The van der Waals surface area contributed by atoms with E-state index in [0.29, 0.717) is 37.8 Å². The quantitative estimate of drug-likeness (QED) is 0.573. The summed E-state index contributed by atoms with van der Waals surface area (Å²) in [7, 11) is 0. The van der Waals surface area contributed by atoms with E-state index in [9.17, 15) is 14.3 Å². The number of nitrogens with zero attached hydrogens (tertiary/aromatic N) is 3. The molecule has 0 unspecified atom stereocenters. The maximum absolute atomic E-state index is 13.8. The van der Waals surface area contributed by atoms with Crippen molar-refractivity contribution < 1.29 is 14.3 Å². The molecule has 0 bridgehead atoms. The average molecular weight is 488 g/mol. The lowest BCUT2D eigenvalue weighted by Crippen LogP contribution is -2.45. The standard InChI is InChI=1S/C25H31ClFN5O2/c26-20-11-16(5-8-21(20)27)23(15-3-1-2-4-15)31-25(34)32-10-9-17-13-28-24(30-22(17)14-32)29-18-6-7-19(33)12-18/h5,8,11,13,15,18-19,23,33H,1-4,6-7,9-10,12,14H2,(H,31,34)(H,28,29,30)/t18-,19-,23+/m0/s1. The third-order valence-corrected chi connectivity index (χ3v) is 7.71. The van der Waals surface area contributed by atoms with Crippen molar-refractivity contribution in [1.29, 1.82) is 0 Å². The summed E-state index contributed by atoms with van der Waals surface area (Å²) in [5.74, 6) is 0.401. The summed E-state index contributed by atoms with van der Waals surface area (Å²) < 4.78 is 13.8. The van der Waals surface area contributed by atoms with Gasteiger partial charge in [0.25, 0.3) is 0 Å². The molecule has 3 atom stereocenters. The molecule has 5 rings (SSSR count). The Morgan fingerprint density at radius 1 is 1.24 bits per heavy atom. The largest absolute Gasteiger partial charge is 0.393 e. The van der Waals surface area contributed by atoms with Gasteiger partial charge in [0.05, 0.1) is 29.4 Å². The van der Waals surface area contributed by atoms with Gasteiger partial charge in [-0.3, -0.25) is 0 Å². The number of nitrogens with one attached hydrogen (secondary N) is 2. The SMILES string of the molecule is O=C(N[C@@H](c1ccc(F)c(Cl)c1)C1CCCC1)N1CCc2cnc(N[C@H]3CC[C@H](O)C3)nc2C1. The summed E-state index contributed by atoms with van der Waals surface area (Å²) >= 11 is 6.06. The summed E-state index contributed by atoms with van der Waals surface area (Å²) in [6, 6.07) is 4.56. The first-order valence-electron chi connectivity index (χ1n) is 12.3. The highest BCUT2D eigenvalue weighted by atomic mass is 35.5. The molecule has 2 aromatic rings. The molecule has 2 aliphatic carbocycles. The molecule has 3 aliphatic rings. The fourth-order valence-corrected chi connectivity index (χ4v) is 5.70. The van der Waals surface area contributed by atoms with Crippen molar-refractivity contribution in [2.45, 2.75) is 76.1 Å². The van der Waals surface area contributed by atoms with Crippen molar-refractivity contribution in [3.8, 4) is 0 Å². The van der Waals surface area contributed by atoms with Crippen LogP contribution in [0.2, 0.25) is 5.02 Å². The van der Waals surface area contributed by atoms with Crippen molar-refractivity contribution >= 4 is 23.6 Å². The zero-order valence-corrected chi connectivity index (χ0v) is 19.9. The van der Waals surface area contributed by atoms with E-state index in [-0.39, 0.29) is 29.2 Å². The zero-order valence-electron chi connectivity index (χ0n) is 19.1. The van der Waals surface area contributed by atoms with E-state index in [1.165, 1.54) is 6.07 Å². The van der Waals surface area contributed by atoms with Crippen LogP contribution in [-0.4, -0.2) is 44.7 Å². The highest BCUT2D eigenvalue weighted by Gasteiger charge is 2.31. The molecule has 9 heteroatoms. The number of aliphatic hydroxyl groups excluding tert-OH is 1. The summed E-state index contributed by atoms with van der Waals surface area (Å²) in [4.78, 5) is 24.2. The molecular formula is C25H31ClFN5O2. The van der Waals surface area contributed by atoms with Crippen LogP contribution in [-0.2, 0) is 13.0 Å². The number of urea groups is 1. The lowest BCUT2D eigenvalue weighted by atomic mass is 9.91. The fraction of sp³-hybridized carbons (Fsp3) is 0.560. The number of anilines is 1. The predicted molar refractivity (Wildman–Crippen MR) is 128 cm³/mol. The second kappa shape index (κ2) is 10.0. The molecule has 3 N–H and O–H groups in total. The lowest BCUT2D eigenvalue weighted by molar-refractivity contribution is 0.181. The van der Waals surface area contributed by atoms with Crippen LogP contribution in [0.15, 0.2) is 24.4 Å². The Bertz CT molecular complexity index is 1050. The van der Waals surface area contributed by atoms with Crippen LogP contribution in [0.1, 0.15) is 67.8 Å². The minimum absolute atomic E-state index is 0.0770. The van der Waals surface area contributed by atoms with Crippen LogP contribution < -0.4 is 10.6 Å². The number of hydrogen-bond acceptors (Lipinski definition) is 5. The first-order valence-corrected chi connectivity index (χ1v) is 12.6. The van der Waals surface area contributed by atoms with Gasteiger partial charge in [-0.15, -0.1) is 0 Å². The molecule has 1 aromatic heterocycles. The molecule has 7 nitrogen and oxygen atoms in total. The number of carbonyl (C=O) groups is 1. The number of fused-ring (bicyclic) bond motifs is 1. The van der Waals surface area contributed by atoms with E-state index in [1.807, 2.05) is 6.20 Å². The van der Waals surface area contributed by atoms with E-state index >= 15 is 0 Å². The molecular weight excluding hydrogens is 457 g/mol. The van der Waals surface area contributed by atoms with Gasteiger partial charge in [-0.05, 0) is 67.7 Å². The molecule has 0 spiro atoms. The molecule has 2 heterocycles. The Kier molecular flexibility index (Phi) is 6.88. The highest BCUT2D eigenvalue weighted by Crippen LogP contribution is 2.37. The van der Waals surface area contributed by atoms with Crippen LogP contribution >= 0.6 is 11.6 Å². The van der Waals surface area contributed by atoms with E-state index < -0.39 is 5.82 Å². The number of hydrogen-bond donors (Lipinski definition) is 3. The van der Waals surface area contributed by atoms with E-state index in [0.717, 1.165) is 55.3 Å². The number of halogens is 2. The summed E-state index contributed by atoms with van der Waals surface area (Å²) in [5, 5.41) is 16.4. The maximum atomic E-state index is 13.8. The van der Waals surface area contributed by atoms with Gasteiger partial charge < -0.3 is 20.6 Å². The van der Waals surface area contributed by atoms with Gasteiger partial charge in [0.2, 0.25) is 5.95 Å². The van der Waals surface area contributed by atoms with Crippen LogP contribution in [0.25, 0.3) is 0 Å². The molecule has 182 valence electrons. The van der Waals surface area contributed by atoms with Crippen molar-refractivity contribution in [2.75, 3.05) is 11.9 Å². The van der Waals surface area contributed by atoms with Gasteiger partial charge in [0.1, 0.15) is 5.82 Å². The zero-order chi connectivity index (χ0) is 23.7. The molecule has 34 heavy (non-hydrogen) atoms. The average Bonchev–Trinajstić information content (AvgIpc) is 3.51. The van der Waals surface area contributed by atoms with Crippen molar-refractivity contribution in [1.82, 2.24) is 20.2 Å². The Labute approximate surface area is 204 Å². The summed E-state index contributed by atoms with van der Waals surface area (Å²) in [5.41, 5.74) is 2.75. The monoisotopic (exact) mass is 487 g/mol. The van der Waals surface area contributed by atoms with Gasteiger partial charge in [-0.25, -0.2) is 19.2 Å². The van der Waals surface area contributed by atoms with Crippen molar-refractivity contribution in [3.63, 3.8) is 0 Å². The third kappa shape index (κ3) is 5.13. The first kappa shape index (κ1) is 23.3. The Balaban J connectivity index is 1.28. The van der Waals surface area contributed by atoms with Gasteiger partial charge in [0, 0.05) is 18.8 Å². The van der Waals surface area contributed by atoms with Crippen LogP contribution in [0.3, 0.4) is 0 Å². The van der Waals surface area contributed by atoms with Gasteiger partial charge in [0.15, 0.2) is 0 Å². The Morgan fingerprint density at radius 3 is 2.79 bits per heavy atom. The van der Waals surface area contributed by atoms with Gasteiger partial charge >= 0.3 is 6.03 Å². The molecule has 1 aromatic carbocycles. The highest BCUT2D eigenvalue weighted by molar-refractivity contribution is 6.30. The number of aromatic nitrogens is 2. The number of amides is 2. The van der Waals surface area contributed by atoms with Gasteiger partial charge in [-0.2, -0.15) is 0 Å². The minimum Gasteiger partial charge on any atom is -0.393 e. The van der Waals surface area contributed by atoms with Crippen LogP contribution in [0, 0.1) is 11.7 Å². The summed E-state index contributed by atoms with van der Waals surface area (Å²) in [6.07, 6.45) is 8.98. The van der Waals surface area contributed by atoms with E-state index in [2.05, 4.69) is 20.6 Å². The number of benzene rings is 1. The van der Waals surface area contributed by atoms with Crippen LogP contribution in [0.4, 0.5) is 15.1 Å². The fourth-order valence-electron chi connectivity index (χ4n) is 5.51. The van der Waals surface area contributed by atoms with Crippen LogP contribution in [0.5, 0.6) is 0 Å². The number of carbonyl (C=O) groups excluding carboxylic acids is 1. The molecule has 2 saturated carbocycles. The topological polar surface area (TPSA) is 90.4 Å². The third-order valence-electron chi connectivity index (χ3n) is 7.42. The Morgan fingerprint density at radius 2 is 2.06 bits per heavy atom. The molecule has 0 radical (unpaired) electrons. The van der Waals surface area contributed by atoms with E-state index in [4.69, 9.17) is 11.6 Å². The first-order chi connectivity index (χ1) is 16.5. The number of rotatable bonds is 5. The molecule has 2 amide bonds. The Hall–Kier alpha value is -2.45. The van der Waals surface area contributed by atoms with Crippen molar-refractivity contribution in [2.24, 2.45) is 5.92 Å². The van der Waals surface area contributed by atoms with E-state index in [1.54, 1.807) is 17.0 Å². The second-order valence-electron chi connectivity index (χ2n) is 9.79. The normalized spacial score (nSPS) is 23.6. The minimum atomic E-state index is -0.453. The summed E-state index contributed by atoms with van der Waals surface area (Å²) in [6.45, 7) is 0.999. The lowest BCUT2D eigenvalue weighted by Gasteiger charge is -2.32. The smallest absolute Gasteiger partial charge is 0.318 e. The predicted octanol–water partition coefficient (Wildman–Crippen LogP) is 4.59. The molecule has 2 fully saturated rings. The maximum Gasteiger partial charge on any atom is 0.318 e. The molecule has 1 aliphatic heterocycles. The second-order valence-corrected chi connectivity index (χ2v) is 10.2. The molecule has 0 saturated heterocycles. The van der Waals surface area contributed by atoms with Crippen molar-refractivity contribution in [3.05, 3.63) is 52.1 Å².